The number of amides is 1. The minimum atomic E-state index is -0.887. The first-order valence-electron chi connectivity index (χ1n) is 10.5. The molecule has 1 saturated heterocycles. The van der Waals surface area contributed by atoms with E-state index in [9.17, 15) is 4.79 Å². The number of benzene rings is 1. The lowest BCUT2D eigenvalue weighted by molar-refractivity contribution is 0.124. The van der Waals surface area contributed by atoms with Crippen LogP contribution < -0.4 is 5.73 Å². The zero-order chi connectivity index (χ0) is 23.8. The number of likely N-dealkylation sites (tertiary alicyclic amines) is 1. The van der Waals surface area contributed by atoms with Crippen molar-refractivity contribution in [3.05, 3.63) is 52.9 Å². The number of carboxylic acid groups (broad SMARTS) is 1. The lowest BCUT2D eigenvalue weighted by atomic mass is 10.1. The minimum absolute atomic E-state index is 0.132. The van der Waals surface area contributed by atoms with Gasteiger partial charge < -0.3 is 20.3 Å². The molecule has 1 fully saturated rings. The number of hydrogen-bond acceptors (Lipinski definition) is 7. The van der Waals surface area contributed by atoms with Crippen molar-refractivity contribution in [3.8, 4) is 34.0 Å². The highest BCUT2D eigenvalue weighted by atomic mass is 35.5. The average Bonchev–Trinajstić information content (AvgIpc) is 3.51. The van der Waals surface area contributed by atoms with E-state index >= 15 is 0 Å². The summed E-state index contributed by atoms with van der Waals surface area (Å²) in [5.41, 5.74) is 8.76. The highest BCUT2D eigenvalue weighted by Gasteiger charge is 2.24. The second-order valence-corrected chi connectivity index (χ2v) is 8.76. The Balaban J connectivity index is 1.40. The Bertz CT molecular complexity index is 1360. The second kappa shape index (κ2) is 8.96. The van der Waals surface area contributed by atoms with Crippen LogP contribution in [0.2, 0.25) is 10.0 Å². The summed E-state index contributed by atoms with van der Waals surface area (Å²) in [7, 11) is 0. The van der Waals surface area contributed by atoms with Crippen molar-refractivity contribution in [2.75, 3.05) is 18.8 Å². The molecule has 5 rings (SSSR count). The van der Waals surface area contributed by atoms with Crippen LogP contribution in [0.15, 0.2) is 47.4 Å². The van der Waals surface area contributed by atoms with E-state index in [1.165, 1.54) is 4.90 Å². The van der Waals surface area contributed by atoms with Crippen molar-refractivity contribution in [3.63, 3.8) is 0 Å². The molecule has 174 valence electrons. The Morgan fingerprint density at radius 1 is 1.12 bits per heavy atom. The Morgan fingerprint density at radius 2 is 1.91 bits per heavy atom. The summed E-state index contributed by atoms with van der Waals surface area (Å²) in [6.45, 7) is 0.971. The fraction of sp³-hybridized carbons (Fsp3) is 0.227. The van der Waals surface area contributed by atoms with Crippen LogP contribution in [-0.4, -0.2) is 54.1 Å². The predicted octanol–water partition coefficient (Wildman–Crippen LogP) is 4.87. The molecular formula is C22H19Cl2N7O3. The fourth-order valence-corrected chi connectivity index (χ4v) is 4.29. The van der Waals surface area contributed by atoms with Crippen molar-refractivity contribution in [1.29, 1.82) is 0 Å². The van der Waals surface area contributed by atoms with Gasteiger partial charge in [0.25, 0.3) is 5.89 Å². The van der Waals surface area contributed by atoms with Crippen LogP contribution in [0.4, 0.5) is 10.6 Å². The summed E-state index contributed by atoms with van der Waals surface area (Å²) in [6, 6.07) is 6.93. The molecule has 34 heavy (non-hydrogen) atoms. The van der Waals surface area contributed by atoms with Gasteiger partial charge in [-0.3, -0.25) is 4.68 Å². The Hall–Kier alpha value is -3.63. The molecule has 0 aliphatic carbocycles. The first-order valence-corrected chi connectivity index (χ1v) is 11.2. The number of anilines is 1. The summed E-state index contributed by atoms with van der Waals surface area (Å²) in [4.78, 5) is 21.3. The van der Waals surface area contributed by atoms with Crippen LogP contribution >= 0.6 is 23.2 Å². The van der Waals surface area contributed by atoms with Crippen LogP contribution in [0, 0.1) is 0 Å². The normalized spacial score (nSPS) is 14.5. The number of nitrogens with zero attached hydrogens (tertiary/aromatic N) is 6. The molecule has 1 amide bonds. The van der Waals surface area contributed by atoms with Crippen molar-refractivity contribution < 1.29 is 14.4 Å². The molecule has 0 atom stereocenters. The molecule has 4 heterocycles. The molecule has 1 aliphatic heterocycles. The first-order chi connectivity index (χ1) is 16.4. The number of hydrogen-bond donors (Lipinski definition) is 2. The zero-order valence-electron chi connectivity index (χ0n) is 17.7. The number of pyridine rings is 1. The maximum Gasteiger partial charge on any atom is 0.407 e. The van der Waals surface area contributed by atoms with E-state index < -0.39 is 6.09 Å². The van der Waals surface area contributed by atoms with Gasteiger partial charge in [0.2, 0.25) is 5.82 Å². The third kappa shape index (κ3) is 4.29. The highest BCUT2D eigenvalue weighted by Crippen LogP contribution is 2.33. The lowest BCUT2D eigenvalue weighted by Gasteiger charge is -2.30. The largest absolute Gasteiger partial charge is 0.465 e. The third-order valence-corrected chi connectivity index (χ3v) is 6.35. The van der Waals surface area contributed by atoms with Gasteiger partial charge in [-0.15, -0.1) is 0 Å². The molecule has 3 aromatic heterocycles. The number of aromatic nitrogens is 5. The van der Waals surface area contributed by atoms with Gasteiger partial charge >= 0.3 is 6.09 Å². The van der Waals surface area contributed by atoms with E-state index in [1.807, 2.05) is 16.9 Å². The van der Waals surface area contributed by atoms with E-state index in [0.29, 0.717) is 47.1 Å². The first kappa shape index (κ1) is 22.2. The summed E-state index contributed by atoms with van der Waals surface area (Å²) in [5, 5.41) is 18.6. The molecule has 1 aromatic carbocycles. The molecule has 0 bridgehead atoms. The minimum Gasteiger partial charge on any atom is -0.465 e. The Morgan fingerprint density at radius 3 is 2.68 bits per heavy atom. The number of piperidine rings is 1. The topological polar surface area (TPSA) is 136 Å². The predicted molar refractivity (Wildman–Crippen MR) is 126 cm³/mol. The van der Waals surface area contributed by atoms with Crippen LogP contribution in [0.1, 0.15) is 18.9 Å². The average molecular weight is 500 g/mol. The SMILES string of the molecule is Nc1ncc(-c2cnn(C3CCN(C(=O)O)CC3)c2)cc1-c1noc(-c2cc(Cl)ccc2Cl)n1. The van der Waals surface area contributed by atoms with Gasteiger partial charge in [-0.25, -0.2) is 9.78 Å². The zero-order valence-corrected chi connectivity index (χ0v) is 19.2. The number of halogens is 2. The van der Waals surface area contributed by atoms with Gasteiger partial charge in [0.15, 0.2) is 0 Å². The fourth-order valence-electron chi connectivity index (χ4n) is 3.92. The van der Waals surface area contributed by atoms with Crippen molar-refractivity contribution in [1.82, 2.24) is 29.8 Å². The van der Waals surface area contributed by atoms with Crippen LogP contribution in [0.25, 0.3) is 34.0 Å². The Labute approximate surface area is 203 Å². The summed E-state index contributed by atoms with van der Waals surface area (Å²) in [6.07, 6.45) is 5.84. The number of nitrogens with two attached hydrogens (primary N) is 1. The standard InChI is InChI=1S/C22H19Cl2N7O3/c23-14-1-2-18(24)16(8-14)21-28-20(29-34-21)17-7-12(9-26-19(17)25)13-10-27-31(11-13)15-3-5-30(6-4-15)22(32)33/h1-2,7-11,15H,3-6H2,(H2,25,26)(H,32,33). The lowest BCUT2D eigenvalue weighted by Crippen LogP contribution is -2.38. The summed E-state index contributed by atoms with van der Waals surface area (Å²) < 4.78 is 7.27. The number of carbonyl (C=O) groups is 1. The molecule has 0 saturated carbocycles. The maximum atomic E-state index is 11.1. The molecule has 0 spiro atoms. The van der Waals surface area contributed by atoms with Gasteiger partial charge in [0, 0.05) is 41.6 Å². The van der Waals surface area contributed by atoms with Crippen molar-refractivity contribution in [2.45, 2.75) is 18.9 Å². The smallest absolute Gasteiger partial charge is 0.407 e. The molecule has 3 N–H and O–H groups in total. The van der Waals surface area contributed by atoms with E-state index in [2.05, 4.69) is 20.2 Å². The monoisotopic (exact) mass is 499 g/mol. The van der Waals surface area contributed by atoms with Crippen molar-refractivity contribution in [2.24, 2.45) is 0 Å². The molecule has 0 radical (unpaired) electrons. The summed E-state index contributed by atoms with van der Waals surface area (Å²) in [5.74, 6) is 0.737. The van der Waals surface area contributed by atoms with Crippen LogP contribution in [-0.2, 0) is 0 Å². The Kier molecular flexibility index (Phi) is 5.84. The third-order valence-electron chi connectivity index (χ3n) is 5.79. The summed E-state index contributed by atoms with van der Waals surface area (Å²) >= 11 is 12.3. The van der Waals surface area contributed by atoms with Gasteiger partial charge in [-0.05, 0) is 37.1 Å². The maximum absolute atomic E-state index is 11.1. The van der Waals surface area contributed by atoms with Gasteiger partial charge in [-0.1, -0.05) is 28.4 Å². The highest BCUT2D eigenvalue weighted by molar-refractivity contribution is 6.35. The van der Waals surface area contributed by atoms with Crippen LogP contribution in [0.3, 0.4) is 0 Å². The van der Waals surface area contributed by atoms with E-state index in [1.54, 1.807) is 30.6 Å². The molecule has 12 heteroatoms. The molecular weight excluding hydrogens is 481 g/mol. The molecule has 4 aromatic rings. The van der Waals surface area contributed by atoms with E-state index in [-0.39, 0.29) is 23.6 Å². The second-order valence-electron chi connectivity index (χ2n) is 7.91. The quantitative estimate of drug-likeness (QED) is 0.405. The van der Waals surface area contributed by atoms with E-state index in [4.69, 9.17) is 38.6 Å². The van der Waals surface area contributed by atoms with Crippen LogP contribution in [0.5, 0.6) is 0 Å². The molecule has 10 nitrogen and oxygen atoms in total. The van der Waals surface area contributed by atoms with Gasteiger partial charge in [-0.2, -0.15) is 10.1 Å². The molecule has 0 unspecified atom stereocenters. The van der Waals surface area contributed by atoms with Gasteiger partial charge in [0.05, 0.1) is 28.4 Å². The van der Waals surface area contributed by atoms with Crippen molar-refractivity contribution >= 4 is 35.1 Å². The number of nitrogen functional groups attached to an aromatic ring is 1. The number of rotatable bonds is 4. The van der Waals surface area contributed by atoms with Gasteiger partial charge in [0.1, 0.15) is 5.82 Å². The molecule has 1 aliphatic rings. The van der Waals surface area contributed by atoms with E-state index in [0.717, 1.165) is 11.1 Å².